The highest BCUT2D eigenvalue weighted by Crippen LogP contribution is 2.20. The third-order valence-electron chi connectivity index (χ3n) is 4.25. The first kappa shape index (κ1) is 23.1. The maximum absolute atomic E-state index is 12.1. The SMILES string of the molecule is COCCCNC(=O)CCN(CCOC)c1nc(Cc2cccc(OC)c2)ns1. The van der Waals surface area contributed by atoms with E-state index in [0.29, 0.717) is 45.7 Å². The summed E-state index contributed by atoms with van der Waals surface area (Å²) < 4.78 is 20.0. The summed E-state index contributed by atoms with van der Waals surface area (Å²) in [6.45, 7) is 3.03. The first-order chi connectivity index (χ1) is 14.2. The van der Waals surface area contributed by atoms with Gasteiger partial charge in [-0.3, -0.25) is 4.79 Å². The monoisotopic (exact) mass is 422 g/mol. The Morgan fingerprint density at radius 3 is 2.76 bits per heavy atom. The molecule has 0 unspecified atom stereocenters. The van der Waals surface area contributed by atoms with Crippen molar-refractivity contribution in [2.24, 2.45) is 0 Å². The van der Waals surface area contributed by atoms with Crippen molar-refractivity contribution in [1.29, 1.82) is 0 Å². The van der Waals surface area contributed by atoms with Crippen LogP contribution in [0.25, 0.3) is 0 Å². The van der Waals surface area contributed by atoms with Crippen LogP contribution in [-0.4, -0.2) is 69.4 Å². The Morgan fingerprint density at radius 1 is 1.17 bits per heavy atom. The van der Waals surface area contributed by atoms with E-state index in [1.54, 1.807) is 21.3 Å². The molecule has 9 heteroatoms. The third kappa shape index (κ3) is 8.35. The van der Waals surface area contributed by atoms with Crippen LogP contribution in [0.1, 0.15) is 24.2 Å². The first-order valence-electron chi connectivity index (χ1n) is 9.61. The zero-order chi connectivity index (χ0) is 20.9. The molecule has 8 nitrogen and oxygen atoms in total. The zero-order valence-electron chi connectivity index (χ0n) is 17.3. The highest BCUT2D eigenvalue weighted by molar-refractivity contribution is 7.09. The van der Waals surface area contributed by atoms with Crippen molar-refractivity contribution in [2.45, 2.75) is 19.3 Å². The van der Waals surface area contributed by atoms with Crippen LogP contribution in [0.3, 0.4) is 0 Å². The second kappa shape index (κ2) is 13.1. The number of ether oxygens (including phenoxy) is 3. The van der Waals surface area contributed by atoms with Gasteiger partial charge in [0, 0.05) is 64.8 Å². The van der Waals surface area contributed by atoms with Crippen molar-refractivity contribution in [3.63, 3.8) is 0 Å². The lowest BCUT2D eigenvalue weighted by Crippen LogP contribution is -2.33. The highest BCUT2D eigenvalue weighted by atomic mass is 32.1. The van der Waals surface area contributed by atoms with E-state index in [-0.39, 0.29) is 5.91 Å². The van der Waals surface area contributed by atoms with Crippen molar-refractivity contribution < 1.29 is 19.0 Å². The summed E-state index contributed by atoms with van der Waals surface area (Å²) in [4.78, 5) is 18.8. The average molecular weight is 423 g/mol. The molecule has 2 rings (SSSR count). The quantitative estimate of drug-likeness (QED) is 0.467. The molecule has 0 aliphatic carbocycles. The second-order valence-corrected chi connectivity index (χ2v) is 7.18. The fraction of sp³-hybridized carbons (Fsp3) is 0.550. The minimum absolute atomic E-state index is 0.0182. The summed E-state index contributed by atoms with van der Waals surface area (Å²) >= 11 is 1.34. The van der Waals surface area contributed by atoms with Gasteiger partial charge in [0.25, 0.3) is 0 Å². The Kier molecular flexibility index (Phi) is 10.4. The normalized spacial score (nSPS) is 10.7. The largest absolute Gasteiger partial charge is 0.497 e. The molecule has 0 atom stereocenters. The number of methoxy groups -OCH3 is 3. The molecule has 0 saturated heterocycles. The zero-order valence-corrected chi connectivity index (χ0v) is 18.2. The molecule has 1 heterocycles. The van der Waals surface area contributed by atoms with Crippen LogP contribution < -0.4 is 15.0 Å². The summed E-state index contributed by atoms with van der Waals surface area (Å²) in [6.07, 6.45) is 1.83. The van der Waals surface area contributed by atoms with Crippen molar-refractivity contribution in [3.8, 4) is 5.75 Å². The van der Waals surface area contributed by atoms with Crippen molar-refractivity contribution in [2.75, 3.05) is 59.1 Å². The van der Waals surface area contributed by atoms with Crippen LogP contribution in [-0.2, 0) is 20.7 Å². The van der Waals surface area contributed by atoms with Gasteiger partial charge in [0.15, 0.2) is 0 Å². The van der Waals surface area contributed by atoms with Crippen molar-refractivity contribution >= 4 is 22.6 Å². The van der Waals surface area contributed by atoms with Gasteiger partial charge in [0.05, 0.1) is 13.7 Å². The van der Waals surface area contributed by atoms with Crippen LogP contribution in [0, 0.1) is 0 Å². The number of anilines is 1. The Bertz CT molecular complexity index is 741. The van der Waals surface area contributed by atoms with Gasteiger partial charge in [0.2, 0.25) is 11.0 Å². The van der Waals surface area contributed by atoms with Gasteiger partial charge in [-0.2, -0.15) is 4.37 Å². The minimum atomic E-state index is 0.0182. The second-order valence-electron chi connectivity index (χ2n) is 6.45. The number of nitrogens with zero attached hydrogens (tertiary/aromatic N) is 3. The predicted octanol–water partition coefficient (Wildman–Crippen LogP) is 2.13. The van der Waals surface area contributed by atoms with Gasteiger partial charge in [-0.25, -0.2) is 4.98 Å². The van der Waals surface area contributed by atoms with E-state index in [2.05, 4.69) is 14.7 Å². The lowest BCUT2D eigenvalue weighted by Gasteiger charge is -2.20. The van der Waals surface area contributed by atoms with Crippen LogP contribution in [0.2, 0.25) is 0 Å². The molecular weight excluding hydrogens is 392 g/mol. The molecule has 0 bridgehead atoms. The number of hydrogen-bond acceptors (Lipinski definition) is 8. The molecule has 0 spiro atoms. The molecule has 1 amide bonds. The molecule has 1 aromatic carbocycles. The number of carbonyl (C=O) groups excluding carboxylic acids is 1. The number of amides is 1. The summed E-state index contributed by atoms with van der Waals surface area (Å²) in [5, 5.41) is 3.71. The molecule has 0 saturated carbocycles. The van der Waals surface area contributed by atoms with E-state index in [1.807, 2.05) is 29.2 Å². The fourth-order valence-corrected chi connectivity index (χ4v) is 3.42. The van der Waals surface area contributed by atoms with E-state index in [0.717, 1.165) is 28.7 Å². The number of aromatic nitrogens is 2. The minimum Gasteiger partial charge on any atom is -0.497 e. The van der Waals surface area contributed by atoms with Crippen molar-refractivity contribution in [1.82, 2.24) is 14.7 Å². The van der Waals surface area contributed by atoms with Gasteiger partial charge in [-0.15, -0.1) is 0 Å². The smallest absolute Gasteiger partial charge is 0.221 e. The van der Waals surface area contributed by atoms with Crippen LogP contribution in [0.4, 0.5) is 5.13 Å². The molecule has 2 aromatic rings. The van der Waals surface area contributed by atoms with E-state index in [4.69, 9.17) is 14.2 Å². The number of rotatable bonds is 14. The van der Waals surface area contributed by atoms with Gasteiger partial charge in [-0.1, -0.05) is 12.1 Å². The van der Waals surface area contributed by atoms with Crippen LogP contribution in [0.15, 0.2) is 24.3 Å². The molecule has 0 fully saturated rings. The van der Waals surface area contributed by atoms with E-state index >= 15 is 0 Å². The van der Waals surface area contributed by atoms with Gasteiger partial charge < -0.3 is 24.4 Å². The lowest BCUT2D eigenvalue weighted by molar-refractivity contribution is -0.120. The van der Waals surface area contributed by atoms with E-state index in [9.17, 15) is 4.79 Å². The number of nitrogens with one attached hydrogen (secondary N) is 1. The predicted molar refractivity (Wildman–Crippen MR) is 114 cm³/mol. The third-order valence-corrected chi connectivity index (χ3v) is 5.06. The average Bonchev–Trinajstić information content (AvgIpc) is 3.19. The summed E-state index contributed by atoms with van der Waals surface area (Å²) in [5.74, 6) is 1.59. The number of benzene rings is 1. The molecule has 0 aliphatic heterocycles. The number of carbonyl (C=O) groups is 1. The molecule has 160 valence electrons. The van der Waals surface area contributed by atoms with Crippen LogP contribution in [0.5, 0.6) is 5.75 Å². The standard InChI is InChI=1S/C20H30N4O4S/c1-26-12-5-9-21-19(25)8-10-24(11-13-27-2)20-22-18(23-29-20)15-16-6-4-7-17(14-16)28-3/h4,6-7,14H,5,8-13,15H2,1-3H3,(H,21,25). The maximum Gasteiger partial charge on any atom is 0.221 e. The number of hydrogen-bond donors (Lipinski definition) is 1. The van der Waals surface area contributed by atoms with E-state index in [1.165, 1.54) is 11.5 Å². The van der Waals surface area contributed by atoms with Crippen molar-refractivity contribution in [3.05, 3.63) is 35.7 Å². The fourth-order valence-electron chi connectivity index (χ4n) is 2.68. The Labute approximate surface area is 176 Å². The molecule has 0 radical (unpaired) electrons. The summed E-state index contributed by atoms with van der Waals surface area (Å²) in [7, 11) is 4.97. The van der Waals surface area contributed by atoms with Gasteiger partial charge in [-0.05, 0) is 24.1 Å². The van der Waals surface area contributed by atoms with Gasteiger partial charge >= 0.3 is 0 Å². The summed E-state index contributed by atoms with van der Waals surface area (Å²) in [6, 6.07) is 7.88. The Hall–Kier alpha value is -2.23. The first-order valence-corrected chi connectivity index (χ1v) is 10.4. The van der Waals surface area contributed by atoms with Gasteiger partial charge in [0.1, 0.15) is 11.6 Å². The lowest BCUT2D eigenvalue weighted by atomic mass is 10.1. The molecule has 1 aromatic heterocycles. The van der Waals surface area contributed by atoms with E-state index < -0.39 is 0 Å². The Balaban J connectivity index is 1.92. The van der Waals surface area contributed by atoms with Crippen LogP contribution >= 0.6 is 11.5 Å². The Morgan fingerprint density at radius 2 is 2.00 bits per heavy atom. The molecule has 1 N–H and O–H groups in total. The highest BCUT2D eigenvalue weighted by Gasteiger charge is 2.15. The maximum atomic E-state index is 12.1. The summed E-state index contributed by atoms with van der Waals surface area (Å²) in [5.41, 5.74) is 1.09. The molecule has 29 heavy (non-hydrogen) atoms. The molecular formula is C20H30N4O4S. The topological polar surface area (TPSA) is 85.8 Å². The molecule has 0 aliphatic rings.